The summed E-state index contributed by atoms with van der Waals surface area (Å²) in [5.74, 6) is 1.59. The van der Waals surface area contributed by atoms with Crippen molar-refractivity contribution in [3.8, 4) is 0 Å². The number of nitrogens with one attached hydrogen (secondary N) is 2. The molecule has 19 heavy (non-hydrogen) atoms. The first-order valence-electron chi connectivity index (χ1n) is 7.73. The maximum Gasteiger partial charge on any atom is 0.240 e. The third kappa shape index (κ3) is 3.93. The lowest BCUT2D eigenvalue weighted by atomic mass is 9.79. The number of carbonyl (C=O) groups excluding carboxylic acids is 1. The molecule has 1 heterocycles. The van der Waals surface area contributed by atoms with Gasteiger partial charge >= 0.3 is 0 Å². The Kier molecular flexibility index (Phi) is 5.22. The molecule has 4 atom stereocenters. The zero-order valence-corrected chi connectivity index (χ0v) is 12.4. The first kappa shape index (κ1) is 14.8. The van der Waals surface area contributed by atoms with Crippen molar-refractivity contribution >= 4 is 5.91 Å². The summed E-state index contributed by atoms with van der Waals surface area (Å²) in [6.07, 6.45) is 4.77. The highest BCUT2D eigenvalue weighted by Gasteiger charge is 2.31. The molecule has 2 rings (SSSR count). The summed E-state index contributed by atoms with van der Waals surface area (Å²) in [5.41, 5.74) is 0. The van der Waals surface area contributed by atoms with Gasteiger partial charge in [0.2, 0.25) is 5.91 Å². The monoisotopic (exact) mass is 268 g/mol. The minimum atomic E-state index is -0.187. The zero-order chi connectivity index (χ0) is 13.8. The van der Waals surface area contributed by atoms with E-state index < -0.39 is 0 Å². The molecule has 2 aliphatic rings. The SMILES string of the molecule is CC(C)C1CCCC(NC(=O)[C@H]2NCCO[C@@H]2C)C1. The summed E-state index contributed by atoms with van der Waals surface area (Å²) in [6.45, 7) is 8.00. The van der Waals surface area contributed by atoms with Gasteiger partial charge in [0.25, 0.3) is 0 Å². The molecule has 2 fully saturated rings. The average molecular weight is 268 g/mol. The summed E-state index contributed by atoms with van der Waals surface area (Å²) in [7, 11) is 0. The first-order valence-corrected chi connectivity index (χ1v) is 7.73. The Bertz CT molecular complexity index is 307. The van der Waals surface area contributed by atoms with Crippen molar-refractivity contribution in [3.05, 3.63) is 0 Å². The predicted molar refractivity (Wildman–Crippen MR) is 75.9 cm³/mol. The Morgan fingerprint density at radius 1 is 1.37 bits per heavy atom. The van der Waals surface area contributed by atoms with Crippen LogP contribution in [0.2, 0.25) is 0 Å². The maximum absolute atomic E-state index is 12.3. The highest BCUT2D eigenvalue weighted by molar-refractivity contribution is 5.82. The van der Waals surface area contributed by atoms with Crippen molar-refractivity contribution in [2.24, 2.45) is 11.8 Å². The van der Waals surface area contributed by atoms with Crippen LogP contribution in [-0.2, 0) is 9.53 Å². The van der Waals surface area contributed by atoms with Gasteiger partial charge in [-0.25, -0.2) is 0 Å². The molecule has 1 aliphatic heterocycles. The van der Waals surface area contributed by atoms with Gasteiger partial charge in [-0.3, -0.25) is 4.79 Å². The Morgan fingerprint density at radius 3 is 2.84 bits per heavy atom. The minimum Gasteiger partial charge on any atom is -0.375 e. The van der Waals surface area contributed by atoms with E-state index >= 15 is 0 Å². The van der Waals surface area contributed by atoms with Crippen LogP contribution >= 0.6 is 0 Å². The van der Waals surface area contributed by atoms with Crippen molar-refractivity contribution in [3.63, 3.8) is 0 Å². The van der Waals surface area contributed by atoms with E-state index in [2.05, 4.69) is 24.5 Å². The molecule has 1 aliphatic carbocycles. The summed E-state index contributed by atoms with van der Waals surface area (Å²) in [6, 6.07) is 0.165. The fourth-order valence-corrected chi connectivity index (χ4v) is 3.28. The Morgan fingerprint density at radius 2 is 2.16 bits per heavy atom. The molecule has 4 nitrogen and oxygen atoms in total. The molecule has 0 bridgehead atoms. The fourth-order valence-electron chi connectivity index (χ4n) is 3.28. The number of rotatable bonds is 3. The van der Waals surface area contributed by atoms with Crippen molar-refractivity contribution in [2.45, 2.75) is 64.6 Å². The molecular weight excluding hydrogens is 240 g/mol. The average Bonchev–Trinajstić information content (AvgIpc) is 2.39. The summed E-state index contributed by atoms with van der Waals surface area (Å²) < 4.78 is 5.54. The molecule has 0 radical (unpaired) electrons. The van der Waals surface area contributed by atoms with E-state index in [4.69, 9.17) is 4.74 Å². The van der Waals surface area contributed by atoms with Gasteiger partial charge in [0, 0.05) is 12.6 Å². The topological polar surface area (TPSA) is 50.4 Å². The third-order valence-corrected chi connectivity index (χ3v) is 4.60. The second-order valence-corrected chi connectivity index (χ2v) is 6.38. The summed E-state index contributed by atoms with van der Waals surface area (Å²) in [5, 5.41) is 6.48. The Balaban J connectivity index is 1.84. The van der Waals surface area contributed by atoms with Crippen LogP contribution in [0.15, 0.2) is 0 Å². The van der Waals surface area contributed by atoms with Crippen LogP contribution < -0.4 is 10.6 Å². The molecule has 2 N–H and O–H groups in total. The number of amides is 1. The molecule has 4 heteroatoms. The predicted octanol–water partition coefficient (Wildman–Crippen LogP) is 1.69. The van der Waals surface area contributed by atoms with E-state index in [1.165, 1.54) is 12.8 Å². The van der Waals surface area contributed by atoms with Gasteiger partial charge < -0.3 is 15.4 Å². The van der Waals surface area contributed by atoms with E-state index in [1.807, 2.05) is 6.92 Å². The maximum atomic E-state index is 12.3. The van der Waals surface area contributed by atoms with Crippen LogP contribution in [-0.4, -0.2) is 37.2 Å². The van der Waals surface area contributed by atoms with Gasteiger partial charge in [0.1, 0.15) is 6.04 Å². The highest BCUT2D eigenvalue weighted by Crippen LogP contribution is 2.30. The molecule has 0 spiro atoms. The van der Waals surface area contributed by atoms with E-state index in [-0.39, 0.29) is 18.1 Å². The van der Waals surface area contributed by atoms with Crippen LogP contribution in [0.25, 0.3) is 0 Å². The van der Waals surface area contributed by atoms with Gasteiger partial charge in [-0.05, 0) is 31.6 Å². The van der Waals surface area contributed by atoms with E-state index in [0.29, 0.717) is 12.6 Å². The molecular formula is C15H28N2O2. The van der Waals surface area contributed by atoms with Crippen molar-refractivity contribution in [1.29, 1.82) is 0 Å². The summed E-state index contributed by atoms with van der Waals surface area (Å²) >= 11 is 0. The van der Waals surface area contributed by atoms with Crippen molar-refractivity contribution < 1.29 is 9.53 Å². The normalized spacial score (nSPS) is 36.2. The fraction of sp³-hybridized carbons (Fsp3) is 0.933. The first-order chi connectivity index (χ1) is 9.08. The summed E-state index contributed by atoms with van der Waals surface area (Å²) in [4.78, 5) is 12.3. The highest BCUT2D eigenvalue weighted by atomic mass is 16.5. The van der Waals surface area contributed by atoms with Gasteiger partial charge in [-0.15, -0.1) is 0 Å². The van der Waals surface area contributed by atoms with Gasteiger partial charge in [0.05, 0.1) is 12.7 Å². The number of ether oxygens (including phenoxy) is 1. The second-order valence-electron chi connectivity index (χ2n) is 6.38. The Labute approximate surface area is 116 Å². The molecule has 110 valence electrons. The van der Waals surface area contributed by atoms with E-state index in [9.17, 15) is 4.79 Å². The Hall–Kier alpha value is -0.610. The van der Waals surface area contributed by atoms with Gasteiger partial charge in [-0.1, -0.05) is 26.7 Å². The lowest BCUT2D eigenvalue weighted by Gasteiger charge is -2.35. The molecule has 0 aromatic rings. The lowest BCUT2D eigenvalue weighted by molar-refractivity contribution is -0.130. The molecule has 0 aromatic heterocycles. The number of carbonyl (C=O) groups is 1. The number of hydrogen-bond acceptors (Lipinski definition) is 3. The zero-order valence-electron chi connectivity index (χ0n) is 12.4. The van der Waals surface area contributed by atoms with Crippen molar-refractivity contribution in [2.75, 3.05) is 13.2 Å². The standard InChI is InChI=1S/C15H28N2O2/c1-10(2)12-5-4-6-13(9-12)17-15(18)14-11(3)19-8-7-16-14/h10-14,16H,4-9H2,1-3H3,(H,17,18)/t11-,12?,13?,14+/m1/s1. The smallest absolute Gasteiger partial charge is 0.240 e. The molecule has 1 amide bonds. The van der Waals surface area contributed by atoms with Gasteiger partial charge in [-0.2, -0.15) is 0 Å². The van der Waals surface area contributed by atoms with E-state index in [0.717, 1.165) is 31.2 Å². The van der Waals surface area contributed by atoms with Crippen LogP contribution in [0.3, 0.4) is 0 Å². The molecule has 2 unspecified atom stereocenters. The molecule has 1 saturated heterocycles. The van der Waals surface area contributed by atoms with E-state index in [1.54, 1.807) is 0 Å². The molecule has 1 saturated carbocycles. The number of morpholine rings is 1. The largest absolute Gasteiger partial charge is 0.375 e. The van der Waals surface area contributed by atoms with Gasteiger partial charge in [0.15, 0.2) is 0 Å². The number of hydrogen-bond donors (Lipinski definition) is 2. The molecule has 0 aromatic carbocycles. The second kappa shape index (κ2) is 6.71. The quantitative estimate of drug-likeness (QED) is 0.819. The van der Waals surface area contributed by atoms with Crippen LogP contribution in [0.5, 0.6) is 0 Å². The van der Waals surface area contributed by atoms with Crippen LogP contribution in [0, 0.1) is 11.8 Å². The third-order valence-electron chi connectivity index (χ3n) is 4.60. The van der Waals surface area contributed by atoms with Crippen LogP contribution in [0.1, 0.15) is 46.5 Å². The lowest BCUT2D eigenvalue weighted by Crippen LogP contribution is -2.57. The minimum absolute atomic E-state index is 0.0294. The van der Waals surface area contributed by atoms with Crippen LogP contribution in [0.4, 0.5) is 0 Å². The van der Waals surface area contributed by atoms with Crippen molar-refractivity contribution in [1.82, 2.24) is 10.6 Å².